The highest BCUT2D eigenvalue weighted by atomic mass is 35.5. The monoisotopic (exact) mass is 248 g/mol. The second kappa shape index (κ2) is 5.03. The first-order valence-corrected chi connectivity index (χ1v) is 8.07. The molecule has 0 saturated carbocycles. The molecule has 1 aromatic heterocycles. The average molecular weight is 249 g/mol. The van der Waals surface area contributed by atoms with Crippen molar-refractivity contribution in [3.8, 4) is 5.88 Å². The van der Waals surface area contributed by atoms with Gasteiger partial charge in [0.15, 0.2) is 0 Å². The molecule has 0 atom stereocenters. The van der Waals surface area contributed by atoms with E-state index in [1.54, 1.807) is 6.07 Å². The third kappa shape index (κ3) is 5.23. The van der Waals surface area contributed by atoms with Crippen LogP contribution in [-0.4, -0.2) is 41.1 Å². The fraction of sp³-hybridized carbons (Fsp3) is 0.600. The Morgan fingerprint density at radius 3 is 2.53 bits per heavy atom. The first-order valence-electron chi connectivity index (χ1n) is 4.67. The number of nitrogens with zero attached hydrogens (tertiary/aromatic N) is 2. The van der Waals surface area contributed by atoms with Gasteiger partial charge in [0.2, 0.25) is 11.2 Å². The summed E-state index contributed by atoms with van der Waals surface area (Å²) >= 11 is 5.72. The largest absolute Gasteiger partial charge is 0.477 e. The summed E-state index contributed by atoms with van der Waals surface area (Å²) in [5.41, 5.74) is 0.827. The predicted octanol–water partition coefficient (Wildman–Crippen LogP) is 2.51. The molecule has 86 valence electrons. The molecule has 0 aliphatic carbocycles. The lowest BCUT2D eigenvalue weighted by Gasteiger charge is -2.24. The Kier molecular flexibility index (Phi) is 4.22. The molecule has 1 heterocycles. The maximum absolute atomic E-state index is 5.72. The van der Waals surface area contributed by atoms with Gasteiger partial charge in [-0.05, 0) is 37.3 Å². The smallest absolute Gasteiger partial charge is 0.225 e. The molecule has 15 heavy (non-hydrogen) atoms. The van der Waals surface area contributed by atoms with Crippen molar-refractivity contribution in [3.05, 3.63) is 17.0 Å². The summed E-state index contributed by atoms with van der Waals surface area (Å²) < 4.78 is 5.53. The highest BCUT2D eigenvalue weighted by molar-refractivity contribution is 8.32. The van der Waals surface area contributed by atoms with E-state index in [4.69, 9.17) is 16.3 Å². The molecule has 0 N–H and O–H groups in total. The van der Waals surface area contributed by atoms with Gasteiger partial charge in [0.1, 0.15) is 0 Å². The van der Waals surface area contributed by atoms with Crippen LogP contribution in [0.2, 0.25) is 5.28 Å². The summed E-state index contributed by atoms with van der Waals surface area (Å²) in [4.78, 5) is 7.97. The van der Waals surface area contributed by atoms with E-state index in [2.05, 4.69) is 28.7 Å². The van der Waals surface area contributed by atoms with Crippen LogP contribution in [0.5, 0.6) is 5.88 Å². The van der Waals surface area contributed by atoms with E-state index >= 15 is 0 Å². The second-order valence-electron chi connectivity index (χ2n) is 4.26. The average Bonchev–Trinajstić information content (AvgIpc) is 1.99. The maximum atomic E-state index is 5.72. The van der Waals surface area contributed by atoms with Crippen molar-refractivity contribution in [2.45, 2.75) is 6.92 Å². The molecule has 0 saturated heterocycles. The van der Waals surface area contributed by atoms with E-state index in [0.29, 0.717) is 12.5 Å². The number of aromatic nitrogens is 2. The quantitative estimate of drug-likeness (QED) is 0.768. The SMILES string of the molecule is Cc1cc(OCCS(C)(C)C)nc(Cl)n1. The highest BCUT2D eigenvalue weighted by Crippen LogP contribution is 2.33. The van der Waals surface area contributed by atoms with Gasteiger partial charge in [0.05, 0.1) is 6.61 Å². The molecule has 0 aliphatic heterocycles. The fourth-order valence-electron chi connectivity index (χ4n) is 0.975. The van der Waals surface area contributed by atoms with Crippen LogP contribution >= 0.6 is 21.6 Å². The van der Waals surface area contributed by atoms with Gasteiger partial charge in [-0.3, -0.25) is 0 Å². The Hall–Kier alpha value is -0.480. The molecule has 0 aliphatic rings. The molecule has 0 radical (unpaired) electrons. The van der Waals surface area contributed by atoms with E-state index in [9.17, 15) is 0 Å². The third-order valence-electron chi connectivity index (χ3n) is 1.75. The zero-order valence-electron chi connectivity index (χ0n) is 9.58. The standard InChI is InChI=1S/C10H17ClN2OS/c1-8-7-9(13-10(11)12-8)14-5-6-15(2,3)4/h7H,5-6H2,1-4H3. The van der Waals surface area contributed by atoms with E-state index in [1.807, 2.05) is 6.92 Å². The van der Waals surface area contributed by atoms with Crippen LogP contribution in [0.25, 0.3) is 0 Å². The van der Waals surface area contributed by atoms with E-state index in [1.165, 1.54) is 0 Å². The summed E-state index contributed by atoms with van der Waals surface area (Å²) in [7, 11) is -0.516. The number of aryl methyl sites for hydroxylation is 1. The Balaban J connectivity index is 2.51. The van der Waals surface area contributed by atoms with Crippen LogP contribution in [0, 0.1) is 6.92 Å². The molecular weight excluding hydrogens is 232 g/mol. The highest BCUT2D eigenvalue weighted by Gasteiger charge is 2.05. The molecule has 3 nitrogen and oxygen atoms in total. The lowest BCUT2D eigenvalue weighted by atomic mass is 10.4. The van der Waals surface area contributed by atoms with E-state index < -0.39 is 10.0 Å². The number of halogens is 1. The molecule has 1 aromatic rings. The minimum absolute atomic E-state index is 0.244. The van der Waals surface area contributed by atoms with Crippen LogP contribution in [0.4, 0.5) is 0 Å². The minimum Gasteiger partial charge on any atom is -0.477 e. The summed E-state index contributed by atoms with van der Waals surface area (Å²) in [6.07, 6.45) is 6.78. The molecule has 0 fully saturated rings. The summed E-state index contributed by atoms with van der Waals surface area (Å²) in [5, 5.41) is 0.244. The van der Waals surface area contributed by atoms with Crippen molar-refractivity contribution in [2.24, 2.45) is 0 Å². The van der Waals surface area contributed by atoms with Crippen LogP contribution in [0.1, 0.15) is 5.69 Å². The van der Waals surface area contributed by atoms with Gasteiger partial charge in [-0.15, -0.1) is 0 Å². The van der Waals surface area contributed by atoms with Crippen molar-refractivity contribution in [3.63, 3.8) is 0 Å². The third-order valence-corrected chi connectivity index (χ3v) is 3.31. The minimum atomic E-state index is -0.516. The van der Waals surface area contributed by atoms with Crippen molar-refractivity contribution < 1.29 is 4.74 Å². The van der Waals surface area contributed by atoms with Gasteiger partial charge in [0, 0.05) is 17.5 Å². The number of ether oxygens (including phenoxy) is 1. The zero-order valence-corrected chi connectivity index (χ0v) is 11.2. The van der Waals surface area contributed by atoms with Gasteiger partial charge >= 0.3 is 0 Å². The summed E-state index contributed by atoms with van der Waals surface area (Å²) in [6.45, 7) is 2.56. The van der Waals surface area contributed by atoms with Crippen LogP contribution < -0.4 is 4.74 Å². The van der Waals surface area contributed by atoms with Crippen molar-refractivity contribution in [1.29, 1.82) is 0 Å². The molecule has 0 unspecified atom stereocenters. The van der Waals surface area contributed by atoms with Crippen molar-refractivity contribution >= 4 is 21.6 Å². The molecule has 0 bridgehead atoms. The van der Waals surface area contributed by atoms with Gasteiger partial charge in [-0.2, -0.15) is 4.98 Å². The first-order chi connectivity index (χ1) is 6.87. The summed E-state index contributed by atoms with van der Waals surface area (Å²) in [5.74, 6) is 1.63. The van der Waals surface area contributed by atoms with Crippen LogP contribution in [0.15, 0.2) is 6.07 Å². The lowest BCUT2D eigenvalue weighted by molar-refractivity contribution is 0.329. The number of rotatable bonds is 4. The number of hydrogen-bond acceptors (Lipinski definition) is 3. The summed E-state index contributed by atoms with van der Waals surface area (Å²) in [6, 6.07) is 1.80. The topological polar surface area (TPSA) is 35.0 Å². The molecule has 0 amide bonds. The molecule has 0 spiro atoms. The zero-order chi connectivity index (χ0) is 11.5. The van der Waals surface area contributed by atoms with E-state index in [-0.39, 0.29) is 5.28 Å². The Bertz CT molecular complexity index is 318. The molecular formula is C10H17ClN2OS. The van der Waals surface area contributed by atoms with Crippen molar-refractivity contribution in [1.82, 2.24) is 9.97 Å². The molecule has 1 rings (SSSR count). The van der Waals surface area contributed by atoms with Gasteiger partial charge in [0.25, 0.3) is 0 Å². The predicted molar refractivity (Wildman–Crippen MR) is 67.5 cm³/mol. The first kappa shape index (κ1) is 12.6. The lowest BCUT2D eigenvalue weighted by Crippen LogP contribution is -2.10. The number of hydrogen-bond donors (Lipinski definition) is 0. The molecule has 5 heteroatoms. The Morgan fingerprint density at radius 1 is 1.33 bits per heavy atom. The maximum Gasteiger partial charge on any atom is 0.225 e. The Morgan fingerprint density at radius 2 is 2.00 bits per heavy atom. The molecule has 0 aromatic carbocycles. The van der Waals surface area contributed by atoms with E-state index in [0.717, 1.165) is 11.4 Å². The van der Waals surface area contributed by atoms with Crippen LogP contribution in [-0.2, 0) is 0 Å². The normalized spacial score (nSPS) is 12.6. The van der Waals surface area contributed by atoms with Gasteiger partial charge in [-0.25, -0.2) is 15.0 Å². The van der Waals surface area contributed by atoms with Gasteiger partial charge < -0.3 is 4.74 Å². The van der Waals surface area contributed by atoms with Crippen molar-refractivity contribution in [2.75, 3.05) is 31.1 Å². The second-order valence-corrected chi connectivity index (χ2v) is 9.19. The van der Waals surface area contributed by atoms with Crippen LogP contribution in [0.3, 0.4) is 0 Å². The van der Waals surface area contributed by atoms with Gasteiger partial charge in [-0.1, -0.05) is 0 Å². The fourth-order valence-corrected chi connectivity index (χ4v) is 1.77. The Labute approximate surface area is 97.5 Å².